The van der Waals surface area contributed by atoms with Crippen LogP contribution in [0.15, 0.2) is 24.3 Å². The molecule has 0 amide bonds. The van der Waals surface area contributed by atoms with E-state index in [1.807, 2.05) is 3.58 Å². The maximum absolute atomic E-state index is 4.95. The number of hydrogen-bond donors (Lipinski definition) is 0. The van der Waals surface area contributed by atoms with Gasteiger partial charge in [-0.15, -0.1) is 0 Å². The van der Waals surface area contributed by atoms with Crippen molar-refractivity contribution in [2.75, 3.05) is 0 Å². The molecule has 0 aliphatic heterocycles. The minimum atomic E-state index is -3.78. The zero-order valence-electron chi connectivity index (χ0n) is 38.0. The summed E-state index contributed by atoms with van der Waals surface area (Å²) < 4.78 is 3.50. The normalized spacial score (nSPS) is 14.7. The average Bonchev–Trinajstić information content (AvgIpc) is 2.82. The van der Waals surface area contributed by atoms with Gasteiger partial charge in [-0.3, -0.25) is 0 Å². The second-order valence-corrected chi connectivity index (χ2v) is 86.5. The second kappa shape index (κ2) is 16.4. The van der Waals surface area contributed by atoms with Crippen molar-refractivity contribution in [2.24, 2.45) is 0 Å². The van der Waals surface area contributed by atoms with Gasteiger partial charge in [0.05, 0.1) is 0 Å². The molecule has 0 saturated carbocycles. The summed E-state index contributed by atoms with van der Waals surface area (Å²) in [6.45, 7) is 63.0. The first-order valence-electron chi connectivity index (χ1n) is 20.1. The quantitative estimate of drug-likeness (QED) is 0.165. The van der Waals surface area contributed by atoms with Crippen LogP contribution in [0.1, 0.15) is 108 Å². The van der Waals surface area contributed by atoms with Crippen LogP contribution >= 0.6 is 25.4 Å². The Morgan fingerprint density at radius 1 is 0.353 bits per heavy atom. The third-order valence-corrected chi connectivity index (χ3v) is 56.5. The van der Waals surface area contributed by atoms with Crippen molar-refractivity contribution in [3.63, 3.8) is 0 Å². The van der Waals surface area contributed by atoms with Gasteiger partial charge in [-0.1, -0.05) is 0 Å². The maximum atomic E-state index is 4.95. The molecule has 0 fully saturated rings. The SMILES string of the molecule is CC(C)c1cc(C(C)C)[c]([Sn]([Br])([Br])[c]2c(C([Si](C)(C)C)[Si](C)(C)C)cc(C([Si](C)(C)C)[Si](C)(C)C)cc2C([Si](C)(C)C)[Si](C)(C)C)c(C(C)C)c1. The summed E-state index contributed by atoms with van der Waals surface area (Å²) in [5.74, 6) is 1.44. The molecule has 0 spiro atoms. The monoisotopic (exact) mass is 1030 g/mol. The zero-order valence-corrected chi connectivity index (χ0v) is 50.1. The van der Waals surface area contributed by atoms with Gasteiger partial charge in [0.15, 0.2) is 0 Å². The van der Waals surface area contributed by atoms with E-state index >= 15 is 0 Å². The molecule has 0 nitrogen and oxygen atoms in total. The van der Waals surface area contributed by atoms with Crippen molar-refractivity contribution < 1.29 is 0 Å². The predicted molar refractivity (Wildman–Crippen MR) is 266 cm³/mol. The molecule has 0 radical (unpaired) electrons. The van der Waals surface area contributed by atoms with Gasteiger partial charge >= 0.3 is 345 Å². The van der Waals surface area contributed by atoms with Gasteiger partial charge in [0.2, 0.25) is 0 Å². The van der Waals surface area contributed by atoms with Crippen LogP contribution in [-0.4, -0.2) is 62.4 Å². The average molecular weight is 1030 g/mol. The Hall–Kier alpha value is 1.50. The molecule has 2 aromatic rings. The molecule has 9 heteroatoms. The molecule has 0 atom stereocenters. The molecule has 0 saturated heterocycles. The molecule has 0 bridgehead atoms. The third-order valence-electron chi connectivity index (χ3n) is 11.1. The zero-order chi connectivity index (χ0) is 40.4. The van der Waals surface area contributed by atoms with Crippen molar-refractivity contribution >= 4 is 94.9 Å². The van der Waals surface area contributed by atoms with Crippen LogP contribution in [0.2, 0.25) is 118 Å². The van der Waals surface area contributed by atoms with E-state index in [1.165, 1.54) is 5.56 Å². The van der Waals surface area contributed by atoms with Crippen molar-refractivity contribution in [2.45, 2.75) is 193 Å². The van der Waals surface area contributed by atoms with E-state index in [2.05, 4.69) is 184 Å². The fourth-order valence-corrected chi connectivity index (χ4v) is 71.1. The first kappa shape index (κ1) is 48.6. The topological polar surface area (TPSA) is 0 Å². The molecule has 0 aliphatic carbocycles. The molecule has 0 heterocycles. The summed E-state index contributed by atoms with van der Waals surface area (Å²) in [4.78, 5) is 0. The minimum absolute atomic E-state index is 0.464. The molecule has 2 rings (SSSR count). The number of rotatable bonds is 14. The Labute approximate surface area is 341 Å². The molecule has 0 unspecified atom stereocenters. The summed E-state index contributed by atoms with van der Waals surface area (Å²) in [6.07, 6.45) is 0. The van der Waals surface area contributed by atoms with E-state index in [1.54, 1.807) is 31.4 Å². The van der Waals surface area contributed by atoms with Crippen LogP contribution < -0.4 is 7.16 Å². The van der Waals surface area contributed by atoms with E-state index in [-0.39, 0.29) is 0 Å². The van der Waals surface area contributed by atoms with Crippen LogP contribution in [0.5, 0.6) is 0 Å². The van der Waals surface area contributed by atoms with Crippen LogP contribution in [-0.2, 0) is 0 Å². The van der Waals surface area contributed by atoms with Crippen molar-refractivity contribution in [1.82, 2.24) is 0 Å². The molecule has 2 aromatic carbocycles. The first-order chi connectivity index (χ1) is 22.4. The van der Waals surface area contributed by atoms with Gasteiger partial charge in [0, 0.05) is 0 Å². The predicted octanol–water partition coefficient (Wildman–Crippen LogP) is 14.9. The summed E-state index contributed by atoms with van der Waals surface area (Å²) >= 11 is 6.12. The molecule has 0 N–H and O–H groups in total. The van der Waals surface area contributed by atoms with Crippen LogP contribution in [0.4, 0.5) is 0 Å². The summed E-state index contributed by atoms with van der Waals surface area (Å²) in [5, 5.41) is 2.08. The summed E-state index contributed by atoms with van der Waals surface area (Å²) in [6, 6.07) is 11.1. The fraction of sp³-hybridized carbons (Fsp3) is 0.714. The molecule has 0 aliphatic rings. The van der Waals surface area contributed by atoms with Crippen molar-refractivity contribution in [1.29, 1.82) is 0 Å². The number of hydrogen-bond acceptors (Lipinski definition) is 0. The summed E-state index contributed by atoms with van der Waals surface area (Å²) in [5.41, 5.74) is 10.0. The Morgan fingerprint density at radius 3 is 0.804 bits per heavy atom. The standard InChI is InChI=1S/C27H59Si6.C15H23.2BrH.Sn/c1-28(2,3)25(29(4,5)6)22-19-23(26(30(7,8)9)31(10,11)12)21-24(20-22)27(32(13,14)15)33(16,17)18;1-10(2)13-7-14(11(3)4)9-15(8-13)12(5)6;;;/h19-20,25-27H,1-18H3;7-8,10-12H,1-6H3;2*1H;/q;;;;+2/p-2. The van der Waals surface area contributed by atoms with E-state index < -0.39 is 62.4 Å². The van der Waals surface area contributed by atoms with E-state index in [0.717, 1.165) is 5.16 Å². The van der Waals surface area contributed by atoms with E-state index in [9.17, 15) is 0 Å². The van der Waals surface area contributed by atoms with Gasteiger partial charge in [-0.25, -0.2) is 0 Å². The molecular weight excluding hydrogens is 951 g/mol. The summed E-state index contributed by atoms with van der Waals surface area (Å²) in [7, 11) is -9.78. The molecule has 0 aromatic heterocycles. The fourth-order valence-electron chi connectivity index (χ4n) is 10.9. The van der Waals surface area contributed by atoms with Crippen LogP contribution in [0, 0.1) is 0 Å². The molecular formula is C42H82Br2Si6Sn. The Balaban J connectivity index is 3.67. The van der Waals surface area contributed by atoms with Gasteiger partial charge < -0.3 is 0 Å². The van der Waals surface area contributed by atoms with Crippen LogP contribution in [0.25, 0.3) is 0 Å². The molecule has 292 valence electrons. The van der Waals surface area contributed by atoms with E-state index in [4.69, 9.17) is 25.4 Å². The molecule has 51 heavy (non-hydrogen) atoms. The Morgan fingerprint density at radius 2 is 0.588 bits per heavy atom. The third kappa shape index (κ3) is 11.3. The van der Waals surface area contributed by atoms with Gasteiger partial charge in [-0.2, -0.15) is 0 Å². The number of halogens is 2. The van der Waals surface area contributed by atoms with E-state index in [0.29, 0.717) is 28.1 Å². The van der Waals surface area contributed by atoms with Crippen molar-refractivity contribution in [3.05, 3.63) is 57.6 Å². The Kier molecular flexibility index (Phi) is 15.6. The van der Waals surface area contributed by atoms with Crippen molar-refractivity contribution in [3.8, 4) is 0 Å². The first-order valence-corrected chi connectivity index (χ1v) is 57.2. The Bertz CT molecular complexity index is 1400. The number of benzene rings is 2. The van der Waals surface area contributed by atoms with Gasteiger partial charge in [-0.05, 0) is 0 Å². The second-order valence-electron chi connectivity index (χ2n) is 23.7. The van der Waals surface area contributed by atoms with Gasteiger partial charge in [0.1, 0.15) is 0 Å². The van der Waals surface area contributed by atoms with Crippen LogP contribution in [0.3, 0.4) is 0 Å². The van der Waals surface area contributed by atoms with Gasteiger partial charge in [0.25, 0.3) is 0 Å².